The average molecular weight is 246 g/mol. The van der Waals surface area contributed by atoms with Crippen molar-refractivity contribution in [2.45, 2.75) is 0 Å². The van der Waals surface area contributed by atoms with E-state index in [1.54, 1.807) is 0 Å². The summed E-state index contributed by atoms with van der Waals surface area (Å²) < 4.78 is 0. The molecule has 0 saturated heterocycles. The van der Waals surface area contributed by atoms with Gasteiger partial charge in [0, 0.05) is 11.5 Å². The van der Waals surface area contributed by atoms with Gasteiger partial charge in [0.25, 0.3) is 0 Å². The average Bonchev–Trinajstić information content (AvgIpc) is 2.44. The van der Waals surface area contributed by atoms with Crippen molar-refractivity contribution in [1.82, 2.24) is 0 Å². The van der Waals surface area contributed by atoms with Crippen LogP contribution in [-0.2, 0) is 4.79 Å². The molecular formula is C17H10O2. The smallest absolute Gasteiger partial charge is 0.382 e. The molecule has 3 aromatic rings. The highest BCUT2D eigenvalue weighted by atomic mass is 16.4. The first-order valence-corrected chi connectivity index (χ1v) is 5.90. The van der Waals surface area contributed by atoms with E-state index >= 15 is 0 Å². The summed E-state index contributed by atoms with van der Waals surface area (Å²) in [5.74, 6) is 3.65. The summed E-state index contributed by atoms with van der Waals surface area (Å²) in [4.78, 5) is 10.4. The SMILES string of the molecule is O=C(O)C#Cc1ccc2c(ccc3ccccc32)c1. The van der Waals surface area contributed by atoms with Crippen LogP contribution < -0.4 is 0 Å². The monoisotopic (exact) mass is 246 g/mol. The largest absolute Gasteiger partial charge is 0.472 e. The predicted octanol–water partition coefficient (Wildman–Crippen LogP) is 3.43. The Bertz CT molecular complexity index is 851. The maximum absolute atomic E-state index is 10.4. The van der Waals surface area contributed by atoms with Crippen molar-refractivity contribution in [2.24, 2.45) is 0 Å². The van der Waals surface area contributed by atoms with E-state index in [0.29, 0.717) is 5.56 Å². The van der Waals surface area contributed by atoms with Crippen molar-refractivity contribution in [3.8, 4) is 11.8 Å². The minimum absolute atomic E-state index is 0.713. The van der Waals surface area contributed by atoms with Gasteiger partial charge in [0.1, 0.15) is 0 Å². The maximum atomic E-state index is 10.4. The highest BCUT2D eigenvalue weighted by Crippen LogP contribution is 2.25. The van der Waals surface area contributed by atoms with Gasteiger partial charge in [-0.15, -0.1) is 0 Å². The van der Waals surface area contributed by atoms with E-state index in [1.807, 2.05) is 36.4 Å². The third-order valence-electron chi connectivity index (χ3n) is 3.06. The van der Waals surface area contributed by atoms with Crippen molar-refractivity contribution >= 4 is 27.5 Å². The quantitative estimate of drug-likeness (QED) is 0.487. The molecule has 0 bridgehead atoms. The zero-order chi connectivity index (χ0) is 13.2. The zero-order valence-corrected chi connectivity index (χ0v) is 10.1. The van der Waals surface area contributed by atoms with E-state index in [0.717, 1.165) is 10.8 Å². The van der Waals surface area contributed by atoms with Crippen molar-refractivity contribution in [3.63, 3.8) is 0 Å². The molecule has 1 N–H and O–H groups in total. The second-order valence-corrected chi connectivity index (χ2v) is 4.28. The Balaban J connectivity index is 2.23. The molecule has 0 aromatic heterocycles. The molecule has 0 unspecified atom stereocenters. The molecule has 19 heavy (non-hydrogen) atoms. The summed E-state index contributed by atoms with van der Waals surface area (Å²) in [5, 5.41) is 13.2. The number of carboxylic acids is 1. The van der Waals surface area contributed by atoms with Crippen LogP contribution in [0.4, 0.5) is 0 Å². The van der Waals surface area contributed by atoms with Crippen LogP contribution in [-0.4, -0.2) is 11.1 Å². The van der Waals surface area contributed by atoms with Gasteiger partial charge < -0.3 is 5.11 Å². The minimum Gasteiger partial charge on any atom is -0.472 e. The number of benzene rings is 3. The maximum Gasteiger partial charge on any atom is 0.382 e. The number of fused-ring (bicyclic) bond motifs is 3. The van der Waals surface area contributed by atoms with Crippen LogP contribution in [0.1, 0.15) is 5.56 Å². The summed E-state index contributed by atoms with van der Waals surface area (Å²) in [5.41, 5.74) is 0.713. The van der Waals surface area contributed by atoms with Crippen LogP contribution in [0.5, 0.6) is 0 Å². The van der Waals surface area contributed by atoms with Gasteiger partial charge in [0.05, 0.1) is 0 Å². The molecule has 3 rings (SSSR count). The van der Waals surface area contributed by atoms with Crippen LogP contribution >= 0.6 is 0 Å². The molecule has 0 heterocycles. The highest BCUT2D eigenvalue weighted by molar-refractivity contribution is 6.07. The summed E-state index contributed by atoms with van der Waals surface area (Å²) in [6.07, 6.45) is 0. The van der Waals surface area contributed by atoms with Gasteiger partial charge in [0.15, 0.2) is 0 Å². The van der Waals surface area contributed by atoms with Gasteiger partial charge in [0.2, 0.25) is 0 Å². The zero-order valence-electron chi connectivity index (χ0n) is 10.1. The van der Waals surface area contributed by atoms with Gasteiger partial charge in [-0.1, -0.05) is 48.4 Å². The fraction of sp³-hybridized carbons (Fsp3) is 0. The third-order valence-corrected chi connectivity index (χ3v) is 3.06. The first-order chi connectivity index (χ1) is 9.24. The van der Waals surface area contributed by atoms with Crippen LogP contribution in [0.25, 0.3) is 21.5 Å². The Morgan fingerprint density at radius 2 is 1.63 bits per heavy atom. The molecule has 0 radical (unpaired) electrons. The molecule has 90 valence electrons. The van der Waals surface area contributed by atoms with Gasteiger partial charge >= 0.3 is 5.97 Å². The van der Waals surface area contributed by atoms with Crippen molar-refractivity contribution in [2.75, 3.05) is 0 Å². The van der Waals surface area contributed by atoms with Gasteiger partial charge in [-0.05, 0) is 33.7 Å². The standard InChI is InChI=1S/C17H10O2/c18-17(19)10-6-12-5-9-16-14(11-12)8-7-13-3-1-2-4-15(13)16/h1-5,7-9,11H,(H,18,19). The first-order valence-electron chi connectivity index (χ1n) is 5.90. The summed E-state index contributed by atoms with van der Waals surface area (Å²) >= 11 is 0. The number of aliphatic carboxylic acids is 1. The van der Waals surface area contributed by atoms with E-state index in [9.17, 15) is 4.79 Å². The minimum atomic E-state index is -1.11. The molecule has 0 aliphatic carbocycles. The van der Waals surface area contributed by atoms with Crippen LogP contribution in [0, 0.1) is 11.8 Å². The molecule has 2 heteroatoms. The van der Waals surface area contributed by atoms with Crippen LogP contribution in [0.3, 0.4) is 0 Å². The molecule has 2 nitrogen and oxygen atoms in total. The third kappa shape index (κ3) is 2.14. The lowest BCUT2D eigenvalue weighted by atomic mass is 10.0. The molecule has 0 saturated carbocycles. The second kappa shape index (κ2) is 4.47. The first kappa shape index (κ1) is 11.3. The lowest BCUT2D eigenvalue weighted by molar-refractivity contribution is -0.130. The van der Waals surface area contributed by atoms with E-state index in [-0.39, 0.29) is 0 Å². The predicted molar refractivity (Wildman–Crippen MR) is 76.0 cm³/mol. The molecule has 0 amide bonds. The fourth-order valence-electron chi connectivity index (χ4n) is 2.22. The van der Waals surface area contributed by atoms with E-state index in [4.69, 9.17) is 5.11 Å². The molecular weight excluding hydrogens is 236 g/mol. The van der Waals surface area contributed by atoms with Gasteiger partial charge in [-0.2, -0.15) is 0 Å². The van der Waals surface area contributed by atoms with Crippen LogP contribution in [0.2, 0.25) is 0 Å². The summed E-state index contributed by atoms with van der Waals surface area (Å²) in [6, 6.07) is 18.0. The molecule has 0 aliphatic rings. The van der Waals surface area contributed by atoms with Crippen molar-refractivity contribution in [1.29, 1.82) is 0 Å². The molecule has 0 fully saturated rings. The number of hydrogen-bond acceptors (Lipinski definition) is 1. The number of carbonyl (C=O) groups is 1. The molecule has 0 aliphatic heterocycles. The van der Waals surface area contributed by atoms with E-state index in [1.165, 1.54) is 10.8 Å². The van der Waals surface area contributed by atoms with E-state index < -0.39 is 5.97 Å². The topological polar surface area (TPSA) is 37.3 Å². The lowest BCUT2D eigenvalue weighted by Crippen LogP contribution is -1.87. The number of carboxylic acid groups (broad SMARTS) is 1. The lowest BCUT2D eigenvalue weighted by Gasteiger charge is -2.04. The Kier molecular flexibility index (Phi) is 2.66. The fourth-order valence-corrected chi connectivity index (χ4v) is 2.22. The van der Waals surface area contributed by atoms with Crippen molar-refractivity contribution in [3.05, 3.63) is 60.2 Å². The Morgan fingerprint density at radius 1 is 0.895 bits per heavy atom. The van der Waals surface area contributed by atoms with Crippen molar-refractivity contribution < 1.29 is 9.90 Å². The van der Waals surface area contributed by atoms with Gasteiger partial charge in [-0.3, -0.25) is 0 Å². The second-order valence-electron chi connectivity index (χ2n) is 4.28. The summed E-state index contributed by atoms with van der Waals surface area (Å²) in [7, 11) is 0. The Hall–Kier alpha value is -2.79. The van der Waals surface area contributed by atoms with Gasteiger partial charge in [-0.25, -0.2) is 4.79 Å². The Labute approximate surface area is 110 Å². The Morgan fingerprint density at radius 3 is 2.47 bits per heavy atom. The number of rotatable bonds is 0. The van der Waals surface area contributed by atoms with E-state index in [2.05, 4.69) is 30.0 Å². The molecule has 0 atom stereocenters. The number of hydrogen-bond donors (Lipinski definition) is 1. The molecule has 3 aromatic carbocycles. The molecule has 0 spiro atoms. The summed E-state index contributed by atoms with van der Waals surface area (Å²) in [6.45, 7) is 0. The van der Waals surface area contributed by atoms with Crippen LogP contribution in [0.15, 0.2) is 54.6 Å². The normalized spacial score (nSPS) is 10.1. The highest BCUT2D eigenvalue weighted by Gasteiger charge is 2.00.